The number of amides is 1. The summed E-state index contributed by atoms with van der Waals surface area (Å²) in [7, 11) is 0. The first-order valence-electron chi connectivity index (χ1n) is 10.1. The van der Waals surface area contributed by atoms with E-state index in [4.69, 9.17) is 10.1 Å². The zero-order valence-electron chi connectivity index (χ0n) is 17.5. The van der Waals surface area contributed by atoms with Gasteiger partial charge in [0, 0.05) is 23.4 Å². The van der Waals surface area contributed by atoms with Crippen LogP contribution in [0.15, 0.2) is 53.0 Å². The molecule has 3 aromatic rings. The second-order valence-electron chi connectivity index (χ2n) is 7.51. The number of carbonyl (C=O) groups excluding carboxylic acids is 1. The molecular formula is C23H24N4O4. The number of hydrogen-bond donors (Lipinski definition) is 4. The van der Waals surface area contributed by atoms with E-state index in [9.17, 15) is 14.7 Å². The Morgan fingerprint density at radius 3 is 2.55 bits per heavy atom. The molecule has 0 saturated carbocycles. The maximum absolute atomic E-state index is 13.0. The average molecular weight is 420 g/mol. The Morgan fingerprint density at radius 1 is 1.23 bits per heavy atom. The van der Waals surface area contributed by atoms with Crippen molar-refractivity contribution in [3.05, 3.63) is 69.8 Å². The van der Waals surface area contributed by atoms with Crippen LogP contribution in [0.3, 0.4) is 0 Å². The van der Waals surface area contributed by atoms with Crippen LogP contribution in [0.4, 0.5) is 0 Å². The molecule has 2 unspecified atom stereocenters. The van der Waals surface area contributed by atoms with Gasteiger partial charge in [-0.15, -0.1) is 0 Å². The van der Waals surface area contributed by atoms with Gasteiger partial charge in [0.25, 0.3) is 5.91 Å². The molecular weight excluding hydrogens is 396 g/mol. The smallest absolute Gasteiger partial charge is 0.327 e. The molecule has 160 valence electrons. The van der Waals surface area contributed by atoms with Crippen LogP contribution in [-0.4, -0.2) is 38.9 Å². The monoisotopic (exact) mass is 420 g/mol. The highest BCUT2D eigenvalue weighted by Crippen LogP contribution is 2.42. The summed E-state index contributed by atoms with van der Waals surface area (Å²) in [6, 6.07) is 12.0. The normalized spacial score (nSPS) is 18.3. The molecule has 4 rings (SSSR count). The van der Waals surface area contributed by atoms with Gasteiger partial charge in [-0.3, -0.25) is 9.36 Å². The number of ether oxygens (including phenoxy) is 1. The van der Waals surface area contributed by atoms with Gasteiger partial charge < -0.3 is 25.6 Å². The lowest BCUT2D eigenvalue weighted by molar-refractivity contribution is -0.129. The summed E-state index contributed by atoms with van der Waals surface area (Å²) in [5.74, 6) is -0.110. The van der Waals surface area contributed by atoms with Gasteiger partial charge in [-0.2, -0.15) is 0 Å². The third-order valence-electron chi connectivity index (χ3n) is 5.40. The van der Waals surface area contributed by atoms with Crippen molar-refractivity contribution in [2.24, 2.45) is 0 Å². The van der Waals surface area contributed by atoms with Gasteiger partial charge in [-0.25, -0.2) is 4.79 Å². The molecule has 0 saturated heterocycles. The Hall–Kier alpha value is -3.81. The van der Waals surface area contributed by atoms with E-state index in [1.54, 1.807) is 19.1 Å². The van der Waals surface area contributed by atoms with Gasteiger partial charge in [0.15, 0.2) is 5.75 Å². The third kappa shape index (κ3) is 3.30. The standard InChI is InChI=1S/C23H24N4O4/c1-4-25-22(29)21-18(14-8-6-5-7-9-14)27-19-16(26-23(27)30)11-10-15(20(19)31-21)17(12(2)24)13(3)28/h5-11,18,21,24,28H,4H2,1-3H3,(H,25,29)(H,26,30)/b17-13+,24-12?. The highest BCUT2D eigenvalue weighted by molar-refractivity contribution is 6.23. The van der Waals surface area contributed by atoms with Crippen LogP contribution < -0.4 is 15.7 Å². The molecule has 2 heterocycles. The van der Waals surface area contributed by atoms with E-state index >= 15 is 0 Å². The van der Waals surface area contributed by atoms with E-state index in [2.05, 4.69) is 10.3 Å². The molecule has 0 aliphatic carbocycles. The molecule has 31 heavy (non-hydrogen) atoms. The van der Waals surface area contributed by atoms with Crippen molar-refractivity contribution in [1.82, 2.24) is 14.9 Å². The summed E-state index contributed by atoms with van der Waals surface area (Å²) in [6.07, 6.45) is -1.01. The molecule has 1 aromatic heterocycles. The predicted octanol–water partition coefficient (Wildman–Crippen LogP) is 3.14. The summed E-state index contributed by atoms with van der Waals surface area (Å²) in [6.45, 7) is 5.28. The van der Waals surface area contributed by atoms with Crippen LogP contribution in [0.25, 0.3) is 16.6 Å². The number of H-pyrrole nitrogens is 1. The van der Waals surface area contributed by atoms with Crippen LogP contribution in [0.2, 0.25) is 0 Å². The Balaban J connectivity index is 2.06. The fourth-order valence-corrected chi connectivity index (χ4v) is 4.21. The number of aliphatic hydroxyl groups is 1. The molecule has 4 N–H and O–H groups in total. The fourth-order valence-electron chi connectivity index (χ4n) is 4.21. The number of carbonyl (C=O) groups is 1. The number of nitrogens with zero attached hydrogens (tertiary/aromatic N) is 1. The predicted molar refractivity (Wildman–Crippen MR) is 119 cm³/mol. The minimum Gasteiger partial charge on any atom is -0.512 e. The van der Waals surface area contributed by atoms with Crippen molar-refractivity contribution in [2.75, 3.05) is 6.54 Å². The Kier molecular flexibility index (Phi) is 5.14. The summed E-state index contributed by atoms with van der Waals surface area (Å²) < 4.78 is 7.82. The Morgan fingerprint density at radius 2 is 1.94 bits per heavy atom. The Bertz CT molecular complexity index is 1270. The number of aromatic amines is 1. The van der Waals surface area contributed by atoms with Crippen LogP contribution in [-0.2, 0) is 4.79 Å². The lowest BCUT2D eigenvalue weighted by Gasteiger charge is -2.34. The fraction of sp³-hybridized carbons (Fsp3) is 0.261. The summed E-state index contributed by atoms with van der Waals surface area (Å²) in [5.41, 5.74) is 2.34. The van der Waals surface area contributed by atoms with E-state index in [0.717, 1.165) is 5.56 Å². The van der Waals surface area contributed by atoms with Crippen molar-refractivity contribution in [3.63, 3.8) is 0 Å². The number of benzene rings is 2. The topological polar surface area (TPSA) is 120 Å². The molecule has 2 atom stereocenters. The van der Waals surface area contributed by atoms with Gasteiger partial charge in [0.05, 0.1) is 11.3 Å². The SMILES string of the molecule is CCNC(=O)C1Oc2c(/C(C(C)=N)=C(\C)O)ccc3[nH]c(=O)n(c23)C1c1ccccc1. The lowest BCUT2D eigenvalue weighted by Crippen LogP contribution is -2.48. The van der Waals surface area contributed by atoms with E-state index in [0.29, 0.717) is 28.7 Å². The van der Waals surface area contributed by atoms with Crippen LogP contribution in [0, 0.1) is 5.41 Å². The number of imidazole rings is 1. The van der Waals surface area contributed by atoms with Crippen molar-refractivity contribution in [1.29, 1.82) is 5.41 Å². The van der Waals surface area contributed by atoms with Gasteiger partial charge in [0.2, 0.25) is 6.10 Å². The molecule has 8 nitrogen and oxygen atoms in total. The molecule has 1 amide bonds. The van der Waals surface area contributed by atoms with Gasteiger partial charge in [-0.1, -0.05) is 30.3 Å². The summed E-state index contributed by atoms with van der Waals surface area (Å²) in [4.78, 5) is 28.9. The minimum atomic E-state index is -1.01. The largest absolute Gasteiger partial charge is 0.512 e. The highest BCUT2D eigenvalue weighted by atomic mass is 16.5. The highest BCUT2D eigenvalue weighted by Gasteiger charge is 2.40. The number of aliphatic hydroxyl groups excluding tert-OH is 1. The van der Waals surface area contributed by atoms with Crippen LogP contribution in [0.1, 0.15) is 37.9 Å². The number of rotatable bonds is 5. The van der Waals surface area contributed by atoms with E-state index in [1.165, 1.54) is 11.5 Å². The average Bonchev–Trinajstić information content (AvgIpc) is 3.07. The van der Waals surface area contributed by atoms with Crippen molar-refractivity contribution < 1.29 is 14.6 Å². The van der Waals surface area contributed by atoms with E-state index < -0.39 is 12.1 Å². The number of hydrogen-bond acceptors (Lipinski definition) is 5. The molecule has 0 spiro atoms. The van der Waals surface area contributed by atoms with E-state index in [-0.39, 0.29) is 28.8 Å². The number of likely N-dealkylation sites (N-methyl/N-ethyl adjacent to an activating group) is 1. The molecule has 0 radical (unpaired) electrons. The first kappa shape index (κ1) is 20.5. The first-order chi connectivity index (χ1) is 14.8. The number of nitrogens with one attached hydrogen (secondary N) is 3. The molecule has 8 heteroatoms. The maximum atomic E-state index is 13.0. The zero-order valence-corrected chi connectivity index (χ0v) is 17.5. The molecule has 1 aliphatic rings. The maximum Gasteiger partial charge on any atom is 0.327 e. The second kappa shape index (κ2) is 7.79. The number of allylic oxidation sites excluding steroid dienone is 2. The molecule has 2 aromatic carbocycles. The zero-order chi connectivity index (χ0) is 22.3. The lowest BCUT2D eigenvalue weighted by atomic mass is 9.95. The van der Waals surface area contributed by atoms with Crippen molar-refractivity contribution in [3.8, 4) is 5.75 Å². The van der Waals surface area contributed by atoms with Gasteiger partial charge in [0.1, 0.15) is 11.6 Å². The minimum absolute atomic E-state index is 0.0455. The summed E-state index contributed by atoms with van der Waals surface area (Å²) >= 11 is 0. The van der Waals surface area contributed by atoms with Crippen molar-refractivity contribution >= 4 is 28.2 Å². The van der Waals surface area contributed by atoms with Crippen molar-refractivity contribution in [2.45, 2.75) is 32.9 Å². The number of aromatic nitrogens is 2. The van der Waals surface area contributed by atoms with Gasteiger partial charge in [-0.05, 0) is 38.5 Å². The van der Waals surface area contributed by atoms with E-state index in [1.807, 2.05) is 37.3 Å². The summed E-state index contributed by atoms with van der Waals surface area (Å²) in [5, 5.41) is 21.2. The molecule has 1 aliphatic heterocycles. The molecule has 0 bridgehead atoms. The van der Waals surface area contributed by atoms with Crippen LogP contribution >= 0.6 is 0 Å². The second-order valence-corrected chi connectivity index (χ2v) is 7.51. The first-order valence-corrected chi connectivity index (χ1v) is 10.1. The van der Waals surface area contributed by atoms with Crippen LogP contribution in [0.5, 0.6) is 5.75 Å². The quantitative estimate of drug-likeness (QED) is 0.374. The van der Waals surface area contributed by atoms with Gasteiger partial charge >= 0.3 is 5.69 Å². The third-order valence-corrected chi connectivity index (χ3v) is 5.40. The molecule has 0 fully saturated rings. The Labute approximate surface area is 178 Å².